The number of benzene rings is 1. The molecular formula is C9H5I2N. The molecule has 1 aromatic carbocycles. The number of nitrogens with zero attached hydrogens (tertiary/aromatic N) is 1. The van der Waals surface area contributed by atoms with Crippen LogP contribution in [0, 0.1) is 7.14 Å². The molecule has 2 aromatic rings. The summed E-state index contributed by atoms with van der Waals surface area (Å²) in [6.45, 7) is 0. The lowest BCUT2D eigenvalue weighted by molar-refractivity contribution is 1.40. The van der Waals surface area contributed by atoms with Crippen LogP contribution in [0.25, 0.3) is 10.9 Å². The second kappa shape index (κ2) is 3.45. The second-order valence-corrected chi connectivity index (χ2v) is 4.87. The van der Waals surface area contributed by atoms with E-state index in [0.29, 0.717) is 0 Å². The average molecular weight is 381 g/mol. The Balaban J connectivity index is 2.89. The van der Waals surface area contributed by atoms with Crippen LogP contribution in [0.1, 0.15) is 0 Å². The highest BCUT2D eigenvalue weighted by Gasteiger charge is 1.99. The fourth-order valence-electron chi connectivity index (χ4n) is 1.11. The first-order chi connectivity index (χ1) is 5.77. The molecule has 1 aromatic heterocycles. The van der Waals surface area contributed by atoms with E-state index in [1.165, 1.54) is 12.5 Å². The minimum absolute atomic E-state index is 1.10. The van der Waals surface area contributed by atoms with Crippen LogP contribution in [0.15, 0.2) is 30.5 Å². The molecule has 0 atom stereocenters. The topological polar surface area (TPSA) is 12.9 Å². The molecule has 0 spiro atoms. The van der Waals surface area contributed by atoms with Crippen LogP contribution >= 0.6 is 45.2 Å². The van der Waals surface area contributed by atoms with Crippen LogP contribution in [-0.4, -0.2) is 4.98 Å². The van der Waals surface area contributed by atoms with Gasteiger partial charge in [-0.3, -0.25) is 4.98 Å². The number of rotatable bonds is 0. The maximum Gasteiger partial charge on any atom is 0.0836 e. The van der Waals surface area contributed by atoms with Crippen LogP contribution in [-0.2, 0) is 0 Å². The summed E-state index contributed by atoms with van der Waals surface area (Å²) >= 11 is 4.64. The lowest BCUT2D eigenvalue weighted by atomic mass is 10.2. The van der Waals surface area contributed by atoms with Gasteiger partial charge in [0.2, 0.25) is 0 Å². The van der Waals surface area contributed by atoms with Crippen molar-refractivity contribution < 1.29 is 0 Å². The van der Waals surface area contributed by atoms with E-state index in [4.69, 9.17) is 0 Å². The van der Waals surface area contributed by atoms with E-state index >= 15 is 0 Å². The molecule has 3 heteroatoms. The maximum atomic E-state index is 4.31. The summed E-state index contributed by atoms with van der Waals surface area (Å²) < 4.78 is 2.48. The fraction of sp³-hybridized carbons (Fsp3) is 0. The molecule has 0 fully saturated rings. The van der Waals surface area contributed by atoms with Crippen molar-refractivity contribution >= 4 is 56.1 Å². The van der Waals surface area contributed by atoms with Crippen molar-refractivity contribution in [1.82, 2.24) is 4.98 Å². The van der Waals surface area contributed by atoms with E-state index in [1.807, 2.05) is 12.3 Å². The normalized spacial score (nSPS) is 10.5. The Morgan fingerprint density at radius 2 is 2.00 bits per heavy atom. The molecule has 0 saturated carbocycles. The number of aromatic nitrogens is 1. The molecule has 0 saturated heterocycles. The molecule has 0 aliphatic carbocycles. The molecule has 0 N–H and O–H groups in total. The zero-order valence-electron chi connectivity index (χ0n) is 6.09. The molecule has 2 rings (SSSR count). The van der Waals surface area contributed by atoms with Gasteiger partial charge >= 0.3 is 0 Å². The SMILES string of the molecule is Ic1cc(I)c2ncccc2c1. The van der Waals surface area contributed by atoms with Crippen molar-refractivity contribution in [1.29, 1.82) is 0 Å². The lowest BCUT2D eigenvalue weighted by Crippen LogP contribution is -1.83. The van der Waals surface area contributed by atoms with Crippen LogP contribution in [0.3, 0.4) is 0 Å². The molecule has 1 heterocycles. The van der Waals surface area contributed by atoms with Crippen molar-refractivity contribution in [3.63, 3.8) is 0 Å². The summed E-state index contributed by atoms with van der Waals surface area (Å²) in [5.74, 6) is 0. The summed E-state index contributed by atoms with van der Waals surface area (Å²) in [5.41, 5.74) is 1.10. The quantitative estimate of drug-likeness (QED) is 0.638. The summed E-state index contributed by atoms with van der Waals surface area (Å²) in [7, 11) is 0. The number of pyridine rings is 1. The van der Waals surface area contributed by atoms with E-state index in [2.05, 4.69) is 68.4 Å². The van der Waals surface area contributed by atoms with Gasteiger partial charge in [0.25, 0.3) is 0 Å². The van der Waals surface area contributed by atoms with E-state index in [1.54, 1.807) is 0 Å². The smallest absolute Gasteiger partial charge is 0.0836 e. The third kappa shape index (κ3) is 1.56. The standard InChI is InChI=1S/C9H5I2N/c10-7-4-6-2-1-3-12-9(6)8(11)5-7/h1-5H. The first kappa shape index (κ1) is 8.68. The Morgan fingerprint density at radius 1 is 1.17 bits per heavy atom. The minimum atomic E-state index is 1.10. The second-order valence-electron chi connectivity index (χ2n) is 2.46. The first-order valence-corrected chi connectivity index (χ1v) is 5.63. The van der Waals surface area contributed by atoms with Crippen LogP contribution in [0.2, 0.25) is 0 Å². The Labute approximate surface area is 97.9 Å². The number of fused-ring (bicyclic) bond motifs is 1. The van der Waals surface area contributed by atoms with Gasteiger partial charge in [0, 0.05) is 18.7 Å². The van der Waals surface area contributed by atoms with Gasteiger partial charge in [-0.15, -0.1) is 0 Å². The van der Waals surface area contributed by atoms with Crippen molar-refractivity contribution in [2.45, 2.75) is 0 Å². The van der Waals surface area contributed by atoms with E-state index < -0.39 is 0 Å². The monoisotopic (exact) mass is 381 g/mol. The maximum absolute atomic E-state index is 4.31. The Hall–Kier alpha value is 0.0900. The average Bonchev–Trinajstić information content (AvgIpc) is 2.04. The lowest BCUT2D eigenvalue weighted by Gasteiger charge is -1.99. The molecule has 60 valence electrons. The molecule has 0 unspecified atom stereocenters. The fourth-order valence-corrected chi connectivity index (χ4v) is 3.14. The summed E-state index contributed by atoms with van der Waals surface area (Å²) in [6.07, 6.45) is 1.83. The van der Waals surface area contributed by atoms with Crippen molar-refractivity contribution in [2.75, 3.05) is 0 Å². The van der Waals surface area contributed by atoms with Gasteiger partial charge in [-0.05, 0) is 63.4 Å². The molecule has 0 aliphatic rings. The van der Waals surface area contributed by atoms with Crippen molar-refractivity contribution in [2.24, 2.45) is 0 Å². The highest BCUT2D eigenvalue weighted by molar-refractivity contribution is 14.1. The molecule has 0 bridgehead atoms. The minimum Gasteiger partial charge on any atom is -0.255 e. The van der Waals surface area contributed by atoms with Crippen molar-refractivity contribution in [3.8, 4) is 0 Å². The number of halogens is 2. The van der Waals surface area contributed by atoms with Gasteiger partial charge < -0.3 is 0 Å². The van der Waals surface area contributed by atoms with E-state index in [9.17, 15) is 0 Å². The molecule has 0 amide bonds. The number of hydrogen-bond donors (Lipinski definition) is 0. The van der Waals surface area contributed by atoms with E-state index in [0.717, 1.165) is 5.52 Å². The predicted molar refractivity (Wildman–Crippen MR) is 67.2 cm³/mol. The first-order valence-electron chi connectivity index (χ1n) is 3.47. The van der Waals surface area contributed by atoms with Crippen LogP contribution in [0.5, 0.6) is 0 Å². The Morgan fingerprint density at radius 3 is 2.83 bits per heavy atom. The molecule has 0 aliphatic heterocycles. The van der Waals surface area contributed by atoms with Crippen molar-refractivity contribution in [3.05, 3.63) is 37.6 Å². The van der Waals surface area contributed by atoms with Gasteiger partial charge in [0.15, 0.2) is 0 Å². The number of hydrogen-bond acceptors (Lipinski definition) is 1. The van der Waals surface area contributed by atoms with E-state index in [-0.39, 0.29) is 0 Å². The third-order valence-electron chi connectivity index (χ3n) is 1.62. The van der Waals surface area contributed by atoms with Gasteiger partial charge in [-0.1, -0.05) is 6.07 Å². The highest BCUT2D eigenvalue weighted by Crippen LogP contribution is 2.21. The highest BCUT2D eigenvalue weighted by atomic mass is 127. The molecular weight excluding hydrogens is 376 g/mol. The largest absolute Gasteiger partial charge is 0.255 e. The van der Waals surface area contributed by atoms with Gasteiger partial charge in [0.05, 0.1) is 5.52 Å². The zero-order chi connectivity index (χ0) is 8.55. The molecule has 1 nitrogen and oxygen atoms in total. The zero-order valence-corrected chi connectivity index (χ0v) is 10.4. The predicted octanol–water partition coefficient (Wildman–Crippen LogP) is 3.44. The summed E-state index contributed by atoms with van der Waals surface area (Å²) in [6, 6.07) is 8.34. The Bertz CT molecular complexity index is 426. The molecule has 12 heavy (non-hydrogen) atoms. The Kier molecular flexibility index (Phi) is 2.49. The summed E-state index contributed by atoms with van der Waals surface area (Å²) in [4.78, 5) is 4.31. The summed E-state index contributed by atoms with van der Waals surface area (Å²) in [5, 5.41) is 1.22. The van der Waals surface area contributed by atoms with Gasteiger partial charge in [-0.25, -0.2) is 0 Å². The van der Waals surface area contributed by atoms with Crippen LogP contribution < -0.4 is 0 Å². The third-order valence-corrected chi connectivity index (χ3v) is 3.07. The molecule has 0 radical (unpaired) electrons. The van der Waals surface area contributed by atoms with Gasteiger partial charge in [-0.2, -0.15) is 0 Å². The van der Waals surface area contributed by atoms with Crippen LogP contribution in [0.4, 0.5) is 0 Å². The van der Waals surface area contributed by atoms with Gasteiger partial charge in [0.1, 0.15) is 0 Å².